The molecule has 0 saturated carbocycles. The Balaban J connectivity index is 1.88. The molecule has 0 unspecified atom stereocenters. The van der Waals surface area contributed by atoms with Crippen LogP contribution < -0.4 is 0 Å². The van der Waals surface area contributed by atoms with E-state index in [9.17, 15) is 4.79 Å². The molecule has 2 aromatic rings. The van der Waals surface area contributed by atoms with Gasteiger partial charge in [0.2, 0.25) is 0 Å². The van der Waals surface area contributed by atoms with E-state index in [4.69, 9.17) is 9.84 Å². The summed E-state index contributed by atoms with van der Waals surface area (Å²) in [6.45, 7) is 3.32. The van der Waals surface area contributed by atoms with E-state index in [-0.39, 0.29) is 11.1 Å². The van der Waals surface area contributed by atoms with Gasteiger partial charge in [0.15, 0.2) is 0 Å². The third kappa shape index (κ3) is 2.00. The molecule has 1 fully saturated rings. The summed E-state index contributed by atoms with van der Waals surface area (Å²) in [5, 5.41) is 17.1. The summed E-state index contributed by atoms with van der Waals surface area (Å²) in [6.07, 6.45) is 1.86. The Bertz CT molecular complexity index is 614. The van der Waals surface area contributed by atoms with Crippen molar-refractivity contribution >= 4 is 5.97 Å². The van der Waals surface area contributed by atoms with Gasteiger partial charge in [-0.3, -0.25) is 0 Å². The number of benzene rings is 1. The van der Waals surface area contributed by atoms with Crippen molar-refractivity contribution in [1.82, 2.24) is 15.0 Å². The minimum absolute atomic E-state index is 0.119. The molecule has 0 bridgehead atoms. The molecule has 1 saturated heterocycles. The van der Waals surface area contributed by atoms with Crippen molar-refractivity contribution in [2.45, 2.75) is 12.5 Å². The highest BCUT2D eigenvalue weighted by atomic mass is 16.5. The topological polar surface area (TPSA) is 77.2 Å². The third-order valence-corrected chi connectivity index (χ3v) is 3.30. The average Bonchev–Trinajstić information content (AvgIpc) is 2.86. The molecule has 1 aliphatic heterocycles. The number of carbonyl (C=O) groups is 1. The maximum Gasteiger partial charge on any atom is 0.335 e. The molecule has 0 radical (unpaired) electrons. The smallest absolute Gasteiger partial charge is 0.335 e. The maximum absolute atomic E-state index is 10.8. The van der Waals surface area contributed by atoms with E-state index >= 15 is 0 Å². The number of carboxylic acid groups (broad SMARTS) is 1. The zero-order valence-electron chi connectivity index (χ0n) is 10.4. The minimum Gasteiger partial charge on any atom is -0.478 e. The molecule has 6 heteroatoms. The Morgan fingerprint density at radius 2 is 2.05 bits per heavy atom. The SMILES string of the molecule is CC1(n2cc(-c3ccc(C(=O)O)cc3)nn2)COC1. The number of aromatic nitrogens is 3. The predicted octanol–water partition coefficient (Wildman–Crippen LogP) is 1.39. The lowest BCUT2D eigenvalue weighted by atomic mass is 10.0. The molecule has 0 amide bonds. The maximum atomic E-state index is 10.8. The van der Waals surface area contributed by atoms with Crippen molar-refractivity contribution in [3.63, 3.8) is 0 Å². The molecule has 1 aromatic heterocycles. The van der Waals surface area contributed by atoms with Gasteiger partial charge in [-0.2, -0.15) is 0 Å². The van der Waals surface area contributed by atoms with Gasteiger partial charge in [0.05, 0.1) is 25.0 Å². The fourth-order valence-electron chi connectivity index (χ4n) is 1.97. The van der Waals surface area contributed by atoms with Crippen LogP contribution in [-0.4, -0.2) is 39.3 Å². The van der Waals surface area contributed by atoms with Gasteiger partial charge in [-0.1, -0.05) is 17.3 Å². The number of hydrogen-bond donors (Lipinski definition) is 1. The zero-order valence-corrected chi connectivity index (χ0v) is 10.4. The lowest BCUT2D eigenvalue weighted by Crippen LogP contribution is -2.49. The van der Waals surface area contributed by atoms with Gasteiger partial charge >= 0.3 is 5.97 Å². The Kier molecular flexibility index (Phi) is 2.60. The van der Waals surface area contributed by atoms with Crippen molar-refractivity contribution < 1.29 is 14.6 Å². The molecule has 0 atom stereocenters. The van der Waals surface area contributed by atoms with Crippen molar-refractivity contribution in [3.05, 3.63) is 36.0 Å². The largest absolute Gasteiger partial charge is 0.478 e. The second-order valence-corrected chi connectivity index (χ2v) is 4.92. The van der Waals surface area contributed by atoms with Crippen LogP contribution in [0.1, 0.15) is 17.3 Å². The molecule has 2 heterocycles. The number of hydrogen-bond acceptors (Lipinski definition) is 4. The van der Waals surface area contributed by atoms with E-state index in [1.165, 1.54) is 0 Å². The first-order chi connectivity index (χ1) is 9.08. The molecular formula is C13H13N3O3. The van der Waals surface area contributed by atoms with Crippen molar-refractivity contribution in [1.29, 1.82) is 0 Å². The van der Waals surface area contributed by atoms with Crippen LogP contribution in [-0.2, 0) is 10.3 Å². The first kappa shape index (κ1) is 11.9. The van der Waals surface area contributed by atoms with Crippen LogP contribution in [0.2, 0.25) is 0 Å². The van der Waals surface area contributed by atoms with Gasteiger partial charge in [0.25, 0.3) is 0 Å². The van der Waals surface area contributed by atoms with Crippen LogP contribution >= 0.6 is 0 Å². The zero-order chi connectivity index (χ0) is 13.5. The van der Waals surface area contributed by atoms with Crippen LogP contribution in [0.25, 0.3) is 11.3 Å². The second kappa shape index (κ2) is 4.17. The summed E-state index contributed by atoms with van der Waals surface area (Å²) in [6, 6.07) is 6.59. The molecule has 0 aliphatic carbocycles. The van der Waals surface area contributed by atoms with Crippen LogP contribution in [0.4, 0.5) is 0 Å². The monoisotopic (exact) mass is 259 g/mol. The summed E-state index contributed by atoms with van der Waals surface area (Å²) in [5.41, 5.74) is 1.72. The number of nitrogens with zero attached hydrogens (tertiary/aromatic N) is 3. The Labute approximate surface area is 109 Å². The summed E-state index contributed by atoms with van der Waals surface area (Å²) in [7, 11) is 0. The van der Waals surface area contributed by atoms with E-state index in [1.807, 2.05) is 6.20 Å². The predicted molar refractivity (Wildman–Crippen MR) is 66.9 cm³/mol. The van der Waals surface area contributed by atoms with E-state index in [2.05, 4.69) is 17.2 Å². The van der Waals surface area contributed by atoms with Gasteiger partial charge in [-0.25, -0.2) is 9.48 Å². The van der Waals surface area contributed by atoms with Crippen molar-refractivity contribution in [2.24, 2.45) is 0 Å². The van der Waals surface area contributed by atoms with Gasteiger partial charge in [0, 0.05) is 5.56 Å². The standard InChI is InChI=1S/C13H13N3O3/c1-13(7-19-8-13)16-6-11(14-15-16)9-2-4-10(5-3-9)12(17)18/h2-6H,7-8H2,1H3,(H,17,18). The summed E-state index contributed by atoms with van der Waals surface area (Å²) >= 11 is 0. The number of aromatic carboxylic acids is 1. The molecule has 3 rings (SSSR count). The van der Waals surface area contributed by atoms with Gasteiger partial charge in [-0.15, -0.1) is 5.10 Å². The number of rotatable bonds is 3. The van der Waals surface area contributed by atoms with Gasteiger partial charge in [0.1, 0.15) is 11.2 Å². The number of ether oxygens (including phenoxy) is 1. The molecule has 0 spiro atoms. The molecule has 19 heavy (non-hydrogen) atoms. The lowest BCUT2D eigenvalue weighted by Gasteiger charge is -2.37. The molecule has 1 aliphatic rings. The molecule has 6 nitrogen and oxygen atoms in total. The quantitative estimate of drug-likeness (QED) is 0.901. The first-order valence-electron chi connectivity index (χ1n) is 5.93. The van der Waals surface area contributed by atoms with Crippen LogP contribution in [0.15, 0.2) is 30.5 Å². The van der Waals surface area contributed by atoms with E-state index in [0.717, 1.165) is 11.3 Å². The molecule has 98 valence electrons. The van der Waals surface area contributed by atoms with Gasteiger partial charge < -0.3 is 9.84 Å². The summed E-state index contributed by atoms with van der Waals surface area (Å²) in [5.74, 6) is -0.936. The summed E-state index contributed by atoms with van der Waals surface area (Å²) in [4.78, 5) is 10.8. The minimum atomic E-state index is -0.936. The molecule has 1 N–H and O–H groups in total. The Hall–Kier alpha value is -2.21. The normalized spacial score (nSPS) is 16.9. The van der Waals surface area contributed by atoms with E-state index < -0.39 is 5.97 Å². The fourth-order valence-corrected chi connectivity index (χ4v) is 1.97. The number of carboxylic acids is 1. The lowest BCUT2D eigenvalue weighted by molar-refractivity contribution is -0.0965. The van der Waals surface area contributed by atoms with Crippen LogP contribution in [0.5, 0.6) is 0 Å². The fraction of sp³-hybridized carbons (Fsp3) is 0.308. The molecule has 1 aromatic carbocycles. The highest BCUT2D eigenvalue weighted by Gasteiger charge is 2.36. The van der Waals surface area contributed by atoms with E-state index in [0.29, 0.717) is 13.2 Å². The second-order valence-electron chi connectivity index (χ2n) is 4.92. The van der Waals surface area contributed by atoms with Crippen molar-refractivity contribution in [2.75, 3.05) is 13.2 Å². The van der Waals surface area contributed by atoms with Crippen LogP contribution in [0.3, 0.4) is 0 Å². The van der Waals surface area contributed by atoms with Crippen molar-refractivity contribution in [3.8, 4) is 11.3 Å². The van der Waals surface area contributed by atoms with E-state index in [1.54, 1.807) is 28.9 Å². The van der Waals surface area contributed by atoms with Crippen LogP contribution in [0, 0.1) is 0 Å². The summed E-state index contributed by atoms with van der Waals surface area (Å²) < 4.78 is 7.00. The average molecular weight is 259 g/mol. The Morgan fingerprint density at radius 3 is 2.58 bits per heavy atom. The highest BCUT2D eigenvalue weighted by Crippen LogP contribution is 2.26. The Morgan fingerprint density at radius 1 is 1.37 bits per heavy atom. The third-order valence-electron chi connectivity index (χ3n) is 3.30. The first-order valence-corrected chi connectivity index (χ1v) is 5.93. The highest BCUT2D eigenvalue weighted by molar-refractivity contribution is 5.88. The van der Waals surface area contributed by atoms with Gasteiger partial charge in [-0.05, 0) is 19.1 Å². The molecular weight excluding hydrogens is 246 g/mol.